The van der Waals surface area contributed by atoms with Crippen LogP contribution in [0.2, 0.25) is 0 Å². The first-order valence-electron chi connectivity index (χ1n) is 17.3. The van der Waals surface area contributed by atoms with Crippen LogP contribution in [0.1, 0.15) is 29.5 Å². The average Bonchev–Trinajstić information content (AvgIpc) is 3.61. The Bertz CT molecular complexity index is 1780. The van der Waals surface area contributed by atoms with Crippen molar-refractivity contribution >= 4 is 11.8 Å². The van der Waals surface area contributed by atoms with Crippen LogP contribution in [0.4, 0.5) is 13.2 Å². The van der Waals surface area contributed by atoms with Crippen molar-refractivity contribution < 1.29 is 42.1 Å². The van der Waals surface area contributed by atoms with Crippen molar-refractivity contribution in [3.63, 3.8) is 0 Å². The summed E-state index contributed by atoms with van der Waals surface area (Å²) in [6.45, 7) is -0.397. The highest BCUT2D eigenvalue weighted by Gasteiger charge is 2.38. The molecule has 14 heteroatoms. The Morgan fingerprint density at radius 3 is 2.52 bits per heavy atom. The van der Waals surface area contributed by atoms with Crippen molar-refractivity contribution in [3.05, 3.63) is 108 Å². The van der Waals surface area contributed by atoms with Gasteiger partial charge in [0.2, 0.25) is 11.8 Å². The van der Waals surface area contributed by atoms with Crippen LogP contribution >= 0.6 is 0 Å². The number of amides is 2. The number of β-amino-alcohol motifs (C(OH)–C–C–N with tert-alkyl or cyclic N) is 1. The Morgan fingerprint density at radius 1 is 0.981 bits per heavy atom. The normalized spacial score (nSPS) is 20.7. The summed E-state index contributed by atoms with van der Waals surface area (Å²) < 4.78 is 51.0. The molecule has 5 atom stereocenters. The fourth-order valence-electron chi connectivity index (χ4n) is 6.75. The number of piperazine rings is 1. The van der Waals surface area contributed by atoms with Crippen LogP contribution in [-0.2, 0) is 22.6 Å². The zero-order chi connectivity index (χ0) is 36.7. The lowest BCUT2D eigenvalue weighted by Crippen LogP contribution is -2.60. The number of furan rings is 1. The van der Waals surface area contributed by atoms with Crippen LogP contribution < -0.4 is 15.4 Å². The van der Waals surface area contributed by atoms with Crippen LogP contribution in [0, 0.1) is 5.92 Å². The van der Waals surface area contributed by atoms with E-state index in [9.17, 15) is 33.0 Å². The highest BCUT2D eigenvalue weighted by molar-refractivity contribution is 5.82. The number of rotatable bonds is 13. The number of carbonyl (C=O) groups excluding carboxylic acids is 2. The standard InChI is InChI=1S/C38H42F3N5O6/c39-38(40,41)24-43-37(50)31-22-45(21-29-13-14-33(52-29)25-8-2-1-3-9-25)16-17-46(31)20-28(47)19-26(18-27-10-6-7-15-42-27)36(49)44-35-30-11-4-5-12-34(30)51-23-32(35)48/h1-15,26,28,31-32,35,47-48H,16-24H2,(H,43,50)(H,44,49)/t26?,28?,31?,32-,35+/m1/s1. The lowest BCUT2D eigenvalue weighted by Gasteiger charge is -2.41. The third kappa shape index (κ3) is 9.76. The number of hydrogen-bond donors (Lipinski definition) is 4. The summed E-state index contributed by atoms with van der Waals surface area (Å²) in [7, 11) is 0. The van der Waals surface area contributed by atoms with Gasteiger partial charge in [-0.3, -0.25) is 24.4 Å². The predicted molar refractivity (Wildman–Crippen MR) is 185 cm³/mol. The molecule has 3 unspecified atom stereocenters. The van der Waals surface area contributed by atoms with E-state index in [-0.39, 0.29) is 39.1 Å². The van der Waals surface area contributed by atoms with Crippen LogP contribution in [0.25, 0.3) is 11.3 Å². The van der Waals surface area contributed by atoms with Crippen molar-refractivity contribution in [2.24, 2.45) is 5.92 Å². The number of pyridine rings is 1. The summed E-state index contributed by atoms with van der Waals surface area (Å²) in [5.41, 5.74) is 2.15. The molecule has 2 aliphatic heterocycles. The highest BCUT2D eigenvalue weighted by atomic mass is 19.4. The minimum absolute atomic E-state index is 0.00658. The number of nitrogens with one attached hydrogen (secondary N) is 2. The van der Waals surface area contributed by atoms with Gasteiger partial charge in [0.05, 0.1) is 18.7 Å². The third-order valence-corrected chi connectivity index (χ3v) is 9.34. The van der Waals surface area contributed by atoms with Gasteiger partial charge < -0.3 is 30.0 Å². The second kappa shape index (κ2) is 16.7. The predicted octanol–water partition coefficient (Wildman–Crippen LogP) is 3.73. The Hall–Kier alpha value is -4.76. The molecule has 0 spiro atoms. The molecular weight excluding hydrogens is 679 g/mol. The first-order valence-corrected chi connectivity index (χ1v) is 17.3. The monoisotopic (exact) mass is 721 g/mol. The molecule has 1 saturated heterocycles. The molecule has 4 heterocycles. The number of aromatic nitrogens is 1. The maximum absolute atomic E-state index is 13.9. The van der Waals surface area contributed by atoms with E-state index >= 15 is 0 Å². The van der Waals surface area contributed by atoms with E-state index in [2.05, 4.69) is 10.3 Å². The first kappa shape index (κ1) is 37.0. The summed E-state index contributed by atoms with van der Waals surface area (Å²) in [6, 6.07) is 23.9. The number of aliphatic hydroxyl groups excluding tert-OH is 2. The number of benzene rings is 2. The molecule has 11 nitrogen and oxygen atoms in total. The lowest BCUT2D eigenvalue weighted by atomic mass is 9.92. The topological polar surface area (TPSA) is 140 Å². The van der Waals surface area contributed by atoms with Crippen LogP contribution in [0.15, 0.2) is 95.5 Å². The Morgan fingerprint density at radius 2 is 1.75 bits per heavy atom. The van der Waals surface area contributed by atoms with Crippen LogP contribution in [-0.4, -0.2) is 101 Å². The maximum atomic E-state index is 13.9. The van der Waals surface area contributed by atoms with Gasteiger partial charge >= 0.3 is 6.18 Å². The molecule has 2 aliphatic rings. The fourth-order valence-corrected chi connectivity index (χ4v) is 6.75. The zero-order valence-corrected chi connectivity index (χ0v) is 28.4. The molecule has 0 saturated carbocycles. The zero-order valence-electron chi connectivity index (χ0n) is 28.4. The van der Waals surface area contributed by atoms with Gasteiger partial charge in [0.15, 0.2) is 0 Å². The third-order valence-electron chi connectivity index (χ3n) is 9.34. The van der Waals surface area contributed by atoms with Crippen molar-refractivity contribution in [1.29, 1.82) is 0 Å². The number of alkyl halides is 3. The van der Waals surface area contributed by atoms with Gasteiger partial charge in [-0.1, -0.05) is 54.6 Å². The number of nitrogens with zero attached hydrogens (tertiary/aromatic N) is 3. The fraction of sp³-hybridized carbons (Fsp3) is 0.395. The number of ether oxygens (including phenoxy) is 1. The van der Waals surface area contributed by atoms with Crippen LogP contribution in [0.3, 0.4) is 0 Å². The van der Waals surface area contributed by atoms with Gasteiger partial charge in [-0.2, -0.15) is 13.2 Å². The average molecular weight is 722 g/mol. The van der Waals surface area contributed by atoms with Crippen LogP contribution in [0.5, 0.6) is 5.75 Å². The largest absolute Gasteiger partial charge is 0.490 e. The van der Waals surface area contributed by atoms with E-state index < -0.39 is 54.7 Å². The number of hydrogen-bond acceptors (Lipinski definition) is 9. The van der Waals surface area contributed by atoms with Crippen molar-refractivity contribution in [1.82, 2.24) is 25.4 Å². The van der Waals surface area contributed by atoms with E-state index in [1.54, 1.807) is 53.6 Å². The summed E-state index contributed by atoms with van der Waals surface area (Å²) in [5, 5.41) is 27.1. The van der Waals surface area contributed by atoms with Crippen molar-refractivity contribution in [2.45, 2.75) is 49.9 Å². The minimum atomic E-state index is -4.60. The van der Waals surface area contributed by atoms with Crippen molar-refractivity contribution in [3.8, 4) is 17.1 Å². The Labute approximate surface area is 299 Å². The molecule has 52 heavy (non-hydrogen) atoms. The number of halogens is 3. The van der Waals surface area contributed by atoms with E-state index in [1.807, 2.05) is 52.7 Å². The second-order valence-corrected chi connectivity index (χ2v) is 13.2. The smallest absolute Gasteiger partial charge is 0.405 e. The van der Waals surface area contributed by atoms with Crippen molar-refractivity contribution in [2.75, 3.05) is 39.3 Å². The quantitative estimate of drug-likeness (QED) is 0.163. The minimum Gasteiger partial charge on any atom is -0.490 e. The first-order chi connectivity index (χ1) is 25.0. The van der Waals surface area contributed by atoms with E-state index in [1.165, 1.54) is 0 Å². The van der Waals surface area contributed by atoms with Gasteiger partial charge in [0.1, 0.15) is 42.6 Å². The molecule has 2 aromatic heterocycles. The van der Waals surface area contributed by atoms with Gasteiger partial charge in [0, 0.05) is 61.5 Å². The summed E-state index contributed by atoms with van der Waals surface area (Å²) in [4.78, 5) is 35.1. The summed E-state index contributed by atoms with van der Waals surface area (Å²) >= 11 is 0. The lowest BCUT2D eigenvalue weighted by molar-refractivity contribution is -0.143. The summed E-state index contributed by atoms with van der Waals surface area (Å²) in [6.07, 6.45) is -4.97. The molecule has 0 aliphatic carbocycles. The second-order valence-electron chi connectivity index (χ2n) is 13.2. The molecule has 0 bridgehead atoms. The SMILES string of the molecule is O=C(N[C@H]1c2ccccc2OC[C@H]1O)C(Cc1ccccn1)CC(O)CN1CCN(Cc2ccc(-c3ccccc3)o2)CC1C(=O)NCC(F)(F)F. The van der Waals surface area contributed by atoms with Gasteiger partial charge in [-0.15, -0.1) is 0 Å². The Kier molecular flexibility index (Phi) is 11.9. The van der Waals surface area contributed by atoms with Gasteiger partial charge in [-0.05, 0) is 36.8 Å². The van der Waals surface area contributed by atoms with Gasteiger partial charge in [-0.25, -0.2) is 0 Å². The molecule has 4 aromatic rings. The molecule has 6 rings (SSSR count). The number of aliphatic hydroxyl groups is 2. The molecule has 2 amide bonds. The highest BCUT2D eigenvalue weighted by Crippen LogP contribution is 2.32. The van der Waals surface area contributed by atoms with E-state index in [0.29, 0.717) is 41.6 Å². The number of para-hydroxylation sites is 1. The molecular formula is C38H42F3N5O6. The molecule has 1 fully saturated rings. The van der Waals surface area contributed by atoms with E-state index in [4.69, 9.17) is 9.15 Å². The maximum Gasteiger partial charge on any atom is 0.405 e. The molecule has 0 radical (unpaired) electrons. The number of carbonyl (C=O) groups is 2. The molecule has 4 N–H and O–H groups in total. The Balaban J connectivity index is 1.15. The van der Waals surface area contributed by atoms with E-state index in [0.717, 1.165) is 5.56 Å². The molecule has 276 valence electrons. The molecule has 2 aromatic carbocycles. The number of fused-ring (bicyclic) bond motifs is 1. The van der Waals surface area contributed by atoms with Gasteiger partial charge in [0.25, 0.3) is 0 Å². The summed E-state index contributed by atoms with van der Waals surface area (Å²) in [5.74, 6) is -0.142.